The zero-order valence-corrected chi connectivity index (χ0v) is 71.5. The van der Waals surface area contributed by atoms with Gasteiger partial charge in [0.25, 0.3) is 0 Å². The Balaban J connectivity index is 0.000000149. The van der Waals surface area contributed by atoms with Crippen LogP contribution in [0.1, 0.15) is 128 Å². The van der Waals surface area contributed by atoms with E-state index in [1.165, 1.54) is 77.4 Å². The summed E-state index contributed by atoms with van der Waals surface area (Å²) >= 11 is 44.6. The Morgan fingerprint density at radius 1 is 0.538 bits per heavy atom. The molecule has 0 bridgehead atoms. The third-order valence-electron chi connectivity index (χ3n) is 19.0. The van der Waals surface area contributed by atoms with Crippen LogP contribution in [0.4, 0.5) is 31.5 Å². The quantitative estimate of drug-likeness (QED) is 0.0406. The first-order valence-corrected chi connectivity index (χ1v) is 40.9. The molecule has 7 heterocycles. The van der Waals surface area contributed by atoms with Gasteiger partial charge >= 0.3 is 12.2 Å². The molecule has 0 saturated carbocycles. The van der Waals surface area contributed by atoms with Gasteiger partial charge in [0.1, 0.15) is 81.2 Å². The number of nitrogens with one attached hydrogen (secondary N) is 5. The van der Waals surface area contributed by atoms with Gasteiger partial charge in [-0.05, 0) is 205 Å². The summed E-state index contributed by atoms with van der Waals surface area (Å²) in [7, 11) is 0. The zero-order valence-electron chi connectivity index (χ0n) is 64.6. The van der Waals surface area contributed by atoms with E-state index in [0.717, 1.165) is 144 Å². The molecule has 1 fully saturated rings. The number of carbonyl (C=O) groups is 4. The van der Waals surface area contributed by atoms with E-state index in [1.807, 2.05) is 71.9 Å². The van der Waals surface area contributed by atoms with Crippen LogP contribution in [0.15, 0.2) is 127 Å². The molecule has 7 N–H and O–H groups in total. The van der Waals surface area contributed by atoms with Gasteiger partial charge in [0, 0.05) is 123 Å². The van der Waals surface area contributed by atoms with Crippen molar-refractivity contribution in [1.29, 1.82) is 10.7 Å². The predicted octanol–water partition coefficient (Wildman–Crippen LogP) is 20.6. The number of amidine groups is 1. The van der Waals surface area contributed by atoms with Crippen molar-refractivity contribution in [1.82, 2.24) is 49.9 Å². The zero-order chi connectivity index (χ0) is 84.7. The van der Waals surface area contributed by atoms with Crippen molar-refractivity contribution in [3.8, 4) is 40.2 Å². The number of ether oxygens (including phenoxy) is 2. The van der Waals surface area contributed by atoms with Crippen molar-refractivity contribution < 1.29 is 50.6 Å². The van der Waals surface area contributed by atoms with Crippen LogP contribution in [0.2, 0.25) is 35.2 Å². The van der Waals surface area contributed by atoms with Crippen molar-refractivity contribution in [2.45, 2.75) is 147 Å². The highest BCUT2D eigenvalue weighted by Gasteiger charge is 2.33. The standard InChI is InChI=1S/C22H20Cl2FN3.C17H19ClFN3O2.C12H11ClFN3.C10H16BrNO3.C10H9ClO.C7H6ClFN2.C7H3ClFN/c23-15-3-1-13-2-5-17(10-14(13)9-15)28-8-7-20-21(12-28)27-22(26-20)18-6-4-16(25)11-19(18)24;1-17(2,3)24-16(23)22-7-6-13-14(9-22)21-15(20-13)11-5-4-10(19)8-12(11)18;13-9-5-7(14)1-2-8(9)12-16-10-3-4-15-6-11(10)17-12;1-10(2,3)15-9(14)12-5-4-8(13)7(11)6-12;11-9-3-1-7-2-4-10(12)6-8(7)5-9;8-6-3-4(9)1-2-5(6)7(10)11;8-7-3-6(9)2-1-5(7)4-10/h1,3-4,6,9,11,17H,2,5,7-8,10,12H2,(H,26,27);4-5,8H,6-7,9H2,1-3H3,(H,20,21);1-2,5,15H,3-4,6H2,(H,16,17);7H,4-6H2,1-3H3;1,3,5H,2,4,6H2;1-3H,(H3,10,11);1-3H. The van der Waals surface area contributed by atoms with Gasteiger partial charge in [-0.3, -0.25) is 19.9 Å². The number of aromatic nitrogens is 6. The lowest BCUT2D eigenvalue weighted by atomic mass is 9.87. The Kier molecular flexibility index (Phi) is 31.5. The maximum absolute atomic E-state index is 13.3. The minimum atomic E-state index is -0.530. The molecule has 3 aromatic heterocycles. The molecule has 616 valence electrons. The summed E-state index contributed by atoms with van der Waals surface area (Å²) in [6, 6.07) is 34.7. The molecule has 2 atom stereocenters. The number of carbonyl (C=O) groups excluding carboxylic acids is 4. The summed E-state index contributed by atoms with van der Waals surface area (Å²) in [6.07, 6.45) is 7.58. The normalized spacial score (nSPS) is 15.9. The number of ketones is 2. The fourth-order valence-corrected chi connectivity index (χ4v) is 15.4. The Hall–Kier alpha value is -8.91. The second kappa shape index (κ2) is 40.7. The number of alkyl halides is 1. The lowest BCUT2D eigenvalue weighted by Gasteiger charge is -2.37. The summed E-state index contributed by atoms with van der Waals surface area (Å²) < 4.78 is 74.8. The molecule has 117 heavy (non-hydrogen) atoms. The minimum Gasteiger partial charge on any atom is -0.444 e. The van der Waals surface area contributed by atoms with Crippen molar-refractivity contribution in [3.63, 3.8) is 0 Å². The number of nitrogens with zero attached hydrogens (tertiary/aromatic N) is 7. The Labute approximate surface area is 718 Å². The Morgan fingerprint density at radius 3 is 1.50 bits per heavy atom. The molecule has 6 aliphatic rings. The van der Waals surface area contributed by atoms with Crippen LogP contribution in [-0.2, 0) is 83.6 Å². The number of hydrogen-bond donors (Lipinski definition) is 6. The van der Waals surface area contributed by atoms with E-state index >= 15 is 0 Å². The number of fused-ring (bicyclic) bond motifs is 5. The average molecular weight is 1810 g/mol. The van der Waals surface area contributed by atoms with Gasteiger partial charge in [0.05, 0.1) is 76.2 Å². The van der Waals surface area contributed by atoms with E-state index in [4.69, 9.17) is 112 Å². The number of Topliss-reactive ketones (excluding diaryl/α,β-unsaturated/α-hetero) is 2. The third-order valence-corrected chi connectivity index (χ3v) is 21.8. The molecule has 10 aromatic rings. The molecule has 32 heteroatoms. The number of amides is 2. The molecular weight excluding hydrogens is 1720 g/mol. The molecule has 2 amide bonds. The van der Waals surface area contributed by atoms with E-state index in [2.05, 4.69) is 63.2 Å². The van der Waals surface area contributed by atoms with E-state index in [1.54, 1.807) is 28.0 Å². The molecule has 1 saturated heterocycles. The Bertz CT molecular complexity index is 5320. The van der Waals surface area contributed by atoms with Crippen LogP contribution in [0, 0.1) is 45.8 Å². The van der Waals surface area contributed by atoms with E-state index < -0.39 is 28.7 Å². The monoisotopic (exact) mass is 1800 g/mol. The molecule has 2 unspecified atom stereocenters. The summed E-state index contributed by atoms with van der Waals surface area (Å²) in [4.78, 5) is 75.3. The second-order valence-electron chi connectivity index (χ2n) is 30.0. The summed E-state index contributed by atoms with van der Waals surface area (Å²) in [5.74, 6) is 0.401. The fraction of sp³-hybridized carbons (Fsp3) is 0.329. The maximum atomic E-state index is 13.3. The third kappa shape index (κ3) is 25.8. The van der Waals surface area contributed by atoms with Crippen LogP contribution in [-0.4, -0.2) is 129 Å². The van der Waals surface area contributed by atoms with Crippen LogP contribution in [0.25, 0.3) is 34.2 Å². The van der Waals surface area contributed by atoms with Gasteiger partial charge in [0.15, 0.2) is 0 Å². The molecule has 0 spiro atoms. The summed E-state index contributed by atoms with van der Waals surface area (Å²) in [5.41, 5.74) is 18.2. The first-order chi connectivity index (χ1) is 55.4. The molecule has 16 rings (SSSR count). The largest absolute Gasteiger partial charge is 0.444 e. The first kappa shape index (κ1) is 90.4. The molecule has 4 aliphatic heterocycles. The molecule has 7 aromatic carbocycles. The topological polar surface area (TPSA) is 268 Å². The molecule has 2 aliphatic carbocycles. The fourth-order valence-electron chi connectivity index (χ4n) is 13.2. The van der Waals surface area contributed by atoms with Crippen LogP contribution in [0.3, 0.4) is 0 Å². The highest BCUT2D eigenvalue weighted by atomic mass is 79.9. The van der Waals surface area contributed by atoms with Crippen molar-refractivity contribution in [2.75, 3.05) is 32.7 Å². The number of likely N-dealkylation sites (tertiary alicyclic amines) is 1. The van der Waals surface area contributed by atoms with Crippen LogP contribution < -0.4 is 11.1 Å². The number of halogens is 13. The minimum absolute atomic E-state index is 0.148. The lowest BCUT2D eigenvalue weighted by molar-refractivity contribution is -0.120. The van der Waals surface area contributed by atoms with Crippen LogP contribution >= 0.6 is 97.1 Å². The van der Waals surface area contributed by atoms with Crippen molar-refractivity contribution >= 4 is 127 Å². The van der Waals surface area contributed by atoms with Gasteiger partial charge < -0.3 is 45.3 Å². The van der Waals surface area contributed by atoms with Gasteiger partial charge in [0.2, 0.25) is 0 Å². The van der Waals surface area contributed by atoms with Crippen molar-refractivity contribution in [2.24, 2.45) is 5.73 Å². The number of nitrogen functional groups attached to an aromatic ring is 1. The van der Waals surface area contributed by atoms with E-state index in [-0.39, 0.29) is 50.3 Å². The summed E-state index contributed by atoms with van der Waals surface area (Å²) in [6.45, 7) is 16.4. The number of imidazole rings is 3. The van der Waals surface area contributed by atoms with Crippen LogP contribution in [0.5, 0.6) is 0 Å². The number of piperidine rings is 1. The Morgan fingerprint density at radius 2 is 1.00 bits per heavy atom. The predicted molar refractivity (Wildman–Crippen MR) is 451 cm³/mol. The van der Waals surface area contributed by atoms with Gasteiger partial charge in [-0.2, -0.15) is 5.26 Å². The number of nitriles is 1. The number of H-pyrrole nitrogens is 3. The van der Waals surface area contributed by atoms with E-state index in [9.17, 15) is 41.1 Å². The summed E-state index contributed by atoms with van der Waals surface area (Å²) in [5, 5.41) is 21.5. The smallest absolute Gasteiger partial charge is 0.410 e. The van der Waals surface area contributed by atoms with E-state index in [0.29, 0.717) is 107 Å². The van der Waals surface area contributed by atoms with Gasteiger partial charge in [-0.15, -0.1) is 0 Å². The SMILES string of the molecule is CC(C)(C)OC(=O)N1CCC(=O)C(Br)C1.CC(C)(C)OC(=O)N1CCc2nc(-c3ccc(F)cc3Cl)[nH]c2C1.Fc1ccc(-c2nc3c([nH]2)CN(C2CCc4ccc(Cl)cc4C2)CC3)c(Cl)c1.Fc1ccc(-c2nc3c([nH]2)CNCC3)c(Cl)c1.N#Cc1ccc(F)cc1Cl.N=C(N)c1ccc(F)cc1Cl.O=C1CCc2ccc(Cl)cc2C1. The van der Waals surface area contributed by atoms with Crippen molar-refractivity contribution in [3.05, 3.63) is 259 Å². The molecule has 0 radical (unpaired) electrons. The molecular formula is C85H84BrCl7F5N13O6. The number of rotatable bonds is 5. The maximum Gasteiger partial charge on any atom is 0.410 e. The first-order valence-electron chi connectivity index (χ1n) is 37.3. The van der Waals surface area contributed by atoms with Gasteiger partial charge in [-0.25, -0.2) is 46.5 Å². The number of benzene rings is 7. The number of hydrogen-bond acceptors (Lipinski definition) is 13. The highest BCUT2D eigenvalue weighted by molar-refractivity contribution is 9.10. The lowest BCUT2D eigenvalue weighted by Crippen LogP contribution is -2.46. The second-order valence-corrected chi connectivity index (χ2v) is 34.0. The number of aryl methyl sites for hydroxylation is 2. The van der Waals surface area contributed by atoms with Gasteiger partial charge in [-0.1, -0.05) is 109 Å². The number of aromatic amines is 3. The highest BCUT2D eigenvalue weighted by Crippen LogP contribution is 2.36. The number of nitrogens with two attached hydrogens (primary N) is 1. The average Bonchev–Trinajstić information content (AvgIpc) is 1.57. The molecule has 19 nitrogen and oxygen atoms in total.